The van der Waals surface area contributed by atoms with Gasteiger partial charge in [-0.3, -0.25) is 4.18 Å². The van der Waals surface area contributed by atoms with Crippen LogP contribution in [0.5, 0.6) is 0 Å². The SMILES string of the molecule is C/C=C\OC(=O)OC1COS(=O)(=O)C1. The normalized spacial score (nSPS) is 25.1. The van der Waals surface area contributed by atoms with Gasteiger partial charge >= 0.3 is 6.16 Å². The molecule has 7 heteroatoms. The minimum absolute atomic E-state index is 0.146. The van der Waals surface area contributed by atoms with Crippen molar-refractivity contribution in [2.24, 2.45) is 0 Å². The van der Waals surface area contributed by atoms with Gasteiger partial charge in [-0.05, 0) is 6.92 Å². The lowest BCUT2D eigenvalue weighted by molar-refractivity contribution is 0.0460. The molecule has 1 atom stereocenters. The number of carbonyl (C=O) groups is 1. The Bertz CT molecular complexity index is 330. The molecular weight excluding hydrogens is 212 g/mol. The summed E-state index contributed by atoms with van der Waals surface area (Å²) < 4.78 is 35.0. The Morgan fingerprint density at radius 3 is 2.79 bits per heavy atom. The van der Waals surface area contributed by atoms with Crippen LogP contribution in [-0.2, 0) is 23.8 Å². The third kappa shape index (κ3) is 3.35. The first-order valence-electron chi connectivity index (χ1n) is 3.89. The monoisotopic (exact) mass is 222 g/mol. The average Bonchev–Trinajstić information content (AvgIpc) is 2.42. The summed E-state index contributed by atoms with van der Waals surface area (Å²) >= 11 is 0. The highest BCUT2D eigenvalue weighted by Crippen LogP contribution is 2.11. The molecule has 1 fully saturated rings. The van der Waals surface area contributed by atoms with Crippen LogP contribution in [0.4, 0.5) is 4.79 Å². The predicted molar refractivity (Wildman–Crippen MR) is 45.9 cm³/mol. The molecule has 0 aromatic rings. The van der Waals surface area contributed by atoms with E-state index in [1.165, 1.54) is 6.08 Å². The zero-order valence-corrected chi connectivity index (χ0v) is 8.32. The fourth-order valence-electron chi connectivity index (χ4n) is 0.859. The largest absolute Gasteiger partial charge is 0.513 e. The highest BCUT2D eigenvalue weighted by atomic mass is 32.2. The van der Waals surface area contributed by atoms with Gasteiger partial charge in [0.2, 0.25) is 0 Å². The van der Waals surface area contributed by atoms with Crippen molar-refractivity contribution in [3.63, 3.8) is 0 Å². The summed E-state index contributed by atoms with van der Waals surface area (Å²) in [5.41, 5.74) is 0. The van der Waals surface area contributed by atoms with Crippen LogP contribution in [0.3, 0.4) is 0 Å². The highest BCUT2D eigenvalue weighted by molar-refractivity contribution is 7.87. The van der Waals surface area contributed by atoms with Crippen molar-refractivity contribution in [2.75, 3.05) is 12.4 Å². The van der Waals surface area contributed by atoms with E-state index in [9.17, 15) is 13.2 Å². The standard InChI is InChI=1S/C7H10O6S/c1-2-3-11-7(8)13-6-4-12-14(9,10)5-6/h2-3,6H,4-5H2,1H3/b3-2-. The molecule has 1 saturated heterocycles. The lowest BCUT2D eigenvalue weighted by atomic mass is 10.4. The molecule has 6 nitrogen and oxygen atoms in total. The maximum Gasteiger partial charge on any atom is 0.513 e. The van der Waals surface area contributed by atoms with Crippen LogP contribution in [0, 0.1) is 0 Å². The molecule has 1 aliphatic rings. The van der Waals surface area contributed by atoms with E-state index in [0.717, 1.165) is 6.26 Å². The van der Waals surface area contributed by atoms with E-state index in [-0.39, 0.29) is 12.4 Å². The minimum atomic E-state index is -3.51. The van der Waals surface area contributed by atoms with Gasteiger partial charge in [0.15, 0.2) is 0 Å². The average molecular weight is 222 g/mol. The van der Waals surface area contributed by atoms with E-state index in [0.29, 0.717) is 0 Å². The summed E-state index contributed by atoms with van der Waals surface area (Å²) in [6.07, 6.45) is 0.932. The van der Waals surface area contributed by atoms with Gasteiger partial charge in [0, 0.05) is 0 Å². The van der Waals surface area contributed by atoms with E-state index >= 15 is 0 Å². The van der Waals surface area contributed by atoms with Crippen molar-refractivity contribution >= 4 is 16.3 Å². The third-order valence-electron chi connectivity index (χ3n) is 1.39. The fraction of sp³-hybridized carbons (Fsp3) is 0.571. The second kappa shape index (κ2) is 4.43. The molecule has 80 valence electrons. The van der Waals surface area contributed by atoms with Crippen LogP contribution in [0.2, 0.25) is 0 Å². The molecule has 0 aromatic heterocycles. The molecular formula is C7H10O6S. The van der Waals surface area contributed by atoms with Crippen molar-refractivity contribution in [3.8, 4) is 0 Å². The highest BCUT2D eigenvalue weighted by Gasteiger charge is 2.32. The number of carbonyl (C=O) groups excluding carboxylic acids is 1. The smallest absolute Gasteiger partial charge is 0.427 e. The van der Waals surface area contributed by atoms with E-state index < -0.39 is 22.4 Å². The molecule has 0 amide bonds. The Hall–Kier alpha value is -1.08. The van der Waals surface area contributed by atoms with Gasteiger partial charge in [-0.15, -0.1) is 0 Å². The number of hydrogen-bond acceptors (Lipinski definition) is 6. The van der Waals surface area contributed by atoms with Gasteiger partial charge in [-0.1, -0.05) is 6.08 Å². The molecule has 0 aliphatic carbocycles. The van der Waals surface area contributed by atoms with E-state index in [4.69, 9.17) is 0 Å². The molecule has 0 N–H and O–H groups in total. The van der Waals surface area contributed by atoms with Gasteiger partial charge in [0.1, 0.15) is 18.5 Å². The molecule has 0 aromatic carbocycles. The lowest BCUT2D eigenvalue weighted by Crippen LogP contribution is -2.21. The van der Waals surface area contributed by atoms with Crippen molar-refractivity contribution in [2.45, 2.75) is 13.0 Å². The van der Waals surface area contributed by atoms with Crippen LogP contribution in [0.15, 0.2) is 12.3 Å². The number of ether oxygens (including phenoxy) is 2. The van der Waals surface area contributed by atoms with Crippen molar-refractivity contribution in [1.29, 1.82) is 0 Å². The number of allylic oxidation sites excluding steroid dienone is 1. The Labute approximate surface area is 81.6 Å². The van der Waals surface area contributed by atoms with Crippen LogP contribution < -0.4 is 0 Å². The second-order valence-electron chi connectivity index (χ2n) is 2.59. The Kier molecular flexibility index (Phi) is 3.48. The molecule has 1 heterocycles. The van der Waals surface area contributed by atoms with Gasteiger partial charge in [0.25, 0.3) is 10.1 Å². The number of hydrogen-bond donors (Lipinski definition) is 0. The summed E-state index contributed by atoms with van der Waals surface area (Å²) in [7, 11) is -3.51. The lowest BCUT2D eigenvalue weighted by Gasteiger charge is -2.06. The minimum Gasteiger partial charge on any atom is -0.427 e. The molecule has 0 spiro atoms. The van der Waals surface area contributed by atoms with Crippen molar-refractivity contribution < 1.29 is 26.9 Å². The summed E-state index contributed by atoms with van der Waals surface area (Å²) in [5, 5.41) is 0. The summed E-state index contributed by atoms with van der Waals surface area (Å²) in [5.74, 6) is -0.321. The molecule has 0 radical (unpaired) electrons. The second-order valence-corrected chi connectivity index (χ2v) is 4.27. The first kappa shape index (κ1) is 11.0. The Morgan fingerprint density at radius 2 is 2.29 bits per heavy atom. The van der Waals surface area contributed by atoms with E-state index in [2.05, 4.69) is 13.7 Å². The van der Waals surface area contributed by atoms with Crippen molar-refractivity contribution in [3.05, 3.63) is 12.3 Å². The van der Waals surface area contributed by atoms with Gasteiger partial charge in [-0.25, -0.2) is 4.79 Å². The van der Waals surface area contributed by atoms with Gasteiger partial charge in [0.05, 0.1) is 6.26 Å². The van der Waals surface area contributed by atoms with Crippen LogP contribution in [-0.4, -0.2) is 33.0 Å². The summed E-state index contributed by atoms with van der Waals surface area (Å²) in [6.45, 7) is 1.52. The van der Waals surface area contributed by atoms with Crippen LogP contribution >= 0.6 is 0 Å². The first-order valence-corrected chi connectivity index (χ1v) is 5.47. The Morgan fingerprint density at radius 1 is 1.57 bits per heavy atom. The maximum atomic E-state index is 10.8. The Balaban J connectivity index is 2.36. The fourth-order valence-corrected chi connectivity index (χ4v) is 1.93. The molecule has 0 saturated carbocycles. The third-order valence-corrected chi connectivity index (χ3v) is 2.66. The molecule has 1 unspecified atom stereocenters. The summed E-state index contributed by atoms with van der Waals surface area (Å²) in [6, 6.07) is 0. The molecule has 1 rings (SSSR count). The zero-order chi connectivity index (χ0) is 10.6. The van der Waals surface area contributed by atoms with Gasteiger partial charge < -0.3 is 9.47 Å². The van der Waals surface area contributed by atoms with Crippen molar-refractivity contribution in [1.82, 2.24) is 0 Å². The van der Waals surface area contributed by atoms with Crippen LogP contribution in [0.25, 0.3) is 0 Å². The number of rotatable bonds is 2. The van der Waals surface area contributed by atoms with E-state index in [1.54, 1.807) is 6.92 Å². The molecule has 0 bridgehead atoms. The molecule has 1 aliphatic heterocycles. The molecule has 14 heavy (non-hydrogen) atoms. The zero-order valence-electron chi connectivity index (χ0n) is 7.50. The maximum absolute atomic E-state index is 10.8. The quantitative estimate of drug-likeness (QED) is 0.382. The van der Waals surface area contributed by atoms with Crippen LogP contribution in [0.1, 0.15) is 6.92 Å². The summed E-state index contributed by atoms with van der Waals surface area (Å²) in [4.78, 5) is 10.8. The van der Waals surface area contributed by atoms with E-state index in [1.807, 2.05) is 0 Å². The topological polar surface area (TPSA) is 78.9 Å². The first-order chi connectivity index (χ1) is 6.53. The van der Waals surface area contributed by atoms with Gasteiger partial charge in [-0.2, -0.15) is 8.42 Å². The predicted octanol–water partition coefficient (Wildman–Crippen LogP) is 0.402.